The van der Waals surface area contributed by atoms with Crippen LogP contribution in [0.4, 0.5) is 5.69 Å². The lowest BCUT2D eigenvalue weighted by Crippen LogP contribution is -2.13. The molecule has 0 aliphatic heterocycles. The van der Waals surface area contributed by atoms with Crippen molar-refractivity contribution < 1.29 is 4.79 Å². The van der Waals surface area contributed by atoms with Crippen LogP contribution in [-0.4, -0.2) is 25.9 Å². The van der Waals surface area contributed by atoms with Crippen LogP contribution in [0.3, 0.4) is 0 Å². The number of aromatic nitrogens is 4. The first kappa shape index (κ1) is 15.0. The van der Waals surface area contributed by atoms with Gasteiger partial charge in [0.2, 0.25) is 0 Å². The number of H-pyrrole nitrogens is 1. The summed E-state index contributed by atoms with van der Waals surface area (Å²) in [6, 6.07) is 11.6. The number of aryl methyl sites for hydroxylation is 2. The molecule has 0 saturated heterocycles. The van der Waals surface area contributed by atoms with Crippen LogP contribution in [0.2, 0.25) is 0 Å². The van der Waals surface area contributed by atoms with E-state index in [9.17, 15) is 4.79 Å². The molecular formula is C17H19N5O. The second-order valence-electron chi connectivity index (χ2n) is 5.38. The lowest BCUT2D eigenvalue weighted by molar-refractivity contribution is 0.102. The lowest BCUT2D eigenvalue weighted by Gasteiger charge is -2.06. The van der Waals surface area contributed by atoms with E-state index in [1.807, 2.05) is 55.8 Å². The molecule has 0 unspecified atom stereocenters. The van der Waals surface area contributed by atoms with Gasteiger partial charge in [-0.15, -0.1) is 0 Å². The molecule has 6 heteroatoms. The van der Waals surface area contributed by atoms with Gasteiger partial charge in [0.25, 0.3) is 5.91 Å². The fourth-order valence-electron chi connectivity index (χ4n) is 2.48. The Balaban J connectivity index is 1.89. The van der Waals surface area contributed by atoms with E-state index in [1.54, 1.807) is 6.07 Å². The van der Waals surface area contributed by atoms with Crippen molar-refractivity contribution in [3.05, 3.63) is 59.2 Å². The van der Waals surface area contributed by atoms with Gasteiger partial charge < -0.3 is 5.32 Å². The van der Waals surface area contributed by atoms with Crippen molar-refractivity contribution in [1.82, 2.24) is 20.0 Å². The van der Waals surface area contributed by atoms with Crippen molar-refractivity contribution in [2.75, 3.05) is 5.32 Å². The normalized spacial score (nSPS) is 10.7. The van der Waals surface area contributed by atoms with Gasteiger partial charge in [0.05, 0.1) is 22.8 Å². The van der Waals surface area contributed by atoms with E-state index in [0.717, 1.165) is 34.9 Å². The smallest absolute Gasteiger partial charge is 0.276 e. The van der Waals surface area contributed by atoms with Gasteiger partial charge in [0.15, 0.2) is 5.69 Å². The van der Waals surface area contributed by atoms with Gasteiger partial charge in [0.1, 0.15) is 0 Å². The number of hydrogen-bond acceptors (Lipinski definition) is 3. The number of amides is 1. The number of carbonyl (C=O) groups excluding carboxylic acids is 1. The molecular weight excluding hydrogens is 290 g/mol. The van der Waals surface area contributed by atoms with Crippen molar-refractivity contribution in [3.63, 3.8) is 0 Å². The second kappa shape index (κ2) is 6.08. The number of carbonyl (C=O) groups is 1. The zero-order chi connectivity index (χ0) is 16.4. The van der Waals surface area contributed by atoms with Gasteiger partial charge in [-0.1, -0.05) is 25.1 Å². The molecule has 0 aliphatic carbocycles. The van der Waals surface area contributed by atoms with Crippen LogP contribution >= 0.6 is 0 Å². The first-order chi connectivity index (χ1) is 11.1. The third kappa shape index (κ3) is 2.88. The summed E-state index contributed by atoms with van der Waals surface area (Å²) in [6.07, 6.45) is 0.810. The summed E-state index contributed by atoms with van der Waals surface area (Å²) in [7, 11) is 0. The van der Waals surface area contributed by atoms with Crippen LogP contribution in [0.25, 0.3) is 5.69 Å². The summed E-state index contributed by atoms with van der Waals surface area (Å²) < 4.78 is 1.83. The van der Waals surface area contributed by atoms with Crippen molar-refractivity contribution in [2.45, 2.75) is 27.2 Å². The number of benzene rings is 1. The Labute approximate surface area is 134 Å². The van der Waals surface area contributed by atoms with E-state index in [1.165, 1.54) is 0 Å². The summed E-state index contributed by atoms with van der Waals surface area (Å²) in [6.45, 7) is 5.82. The molecule has 118 valence electrons. The molecule has 2 N–H and O–H groups in total. The zero-order valence-electron chi connectivity index (χ0n) is 13.4. The highest BCUT2D eigenvalue weighted by molar-refractivity contribution is 6.03. The zero-order valence-corrected chi connectivity index (χ0v) is 13.4. The molecule has 0 saturated carbocycles. The number of rotatable bonds is 4. The van der Waals surface area contributed by atoms with Gasteiger partial charge in [-0.05, 0) is 38.5 Å². The standard InChI is InChI=1S/C17H19N5O/c1-4-13-10-15(20-19-13)17(23)18-16-11(2)21-22(12(16)3)14-8-6-5-7-9-14/h5-10H,4H2,1-3H3,(H,18,23)(H,19,20). The molecule has 0 fully saturated rings. The van der Waals surface area contributed by atoms with Crippen LogP contribution < -0.4 is 5.32 Å². The fourth-order valence-corrected chi connectivity index (χ4v) is 2.48. The fraction of sp³-hybridized carbons (Fsp3) is 0.235. The number of anilines is 1. The summed E-state index contributed by atoms with van der Waals surface area (Å²) >= 11 is 0. The van der Waals surface area contributed by atoms with Crippen molar-refractivity contribution in [1.29, 1.82) is 0 Å². The molecule has 3 aromatic rings. The monoisotopic (exact) mass is 309 g/mol. The molecule has 3 rings (SSSR count). The molecule has 0 aliphatic rings. The summed E-state index contributed by atoms with van der Waals surface area (Å²) in [4.78, 5) is 12.4. The molecule has 6 nitrogen and oxygen atoms in total. The van der Waals surface area contributed by atoms with E-state index >= 15 is 0 Å². The van der Waals surface area contributed by atoms with Crippen LogP contribution in [0.5, 0.6) is 0 Å². The highest BCUT2D eigenvalue weighted by Gasteiger charge is 2.17. The van der Waals surface area contributed by atoms with Crippen LogP contribution in [0, 0.1) is 13.8 Å². The van der Waals surface area contributed by atoms with E-state index in [2.05, 4.69) is 20.6 Å². The van der Waals surface area contributed by atoms with Crippen LogP contribution in [0.1, 0.15) is 34.5 Å². The molecule has 2 heterocycles. The highest BCUT2D eigenvalue weighted by Crippen LogP contribution is 2.23. The van der Waals surface area contributed by atoms with Crippen LogP contribution in [0.15, 0.2) is 36.4 Å². The molecule has 0 radical (unpaired) electrons. The highest BCUT2D eigenvalue weighted by atomic mass is 16.2. The average Bonchev–Trinajstić information content (AvgIpc) is 3.16. The van der Waals surface area contributed by atoms with Crippen molar-refractivity contribution in [3.8, 4) is 5.69 Å². The van der Waals surface area contributed by atoms with Gasteiger partial charge in [-0.3, -0.25) is 9.89 Å². The van der Waals surface area contributed by atoms with E-state index in [4.69, 9.17) is 0 Å². The molecule has 0 bridgehead atoms. The van der Waals surface area contributed by atoms with Gasteiger partial charge in [-0.25, -0.2) is 4.68 Å². The molecule has 0 spiro atoms. The second-order valence-corrected chi connectivity index (χ2v) is 5.38. The molecule has 2 aromatic heterocycles. The number of para-hydroxylation sites is 1. The maximum Gasteiger partial charge on any atom is 0.276 e. The predicted octanol–water partition coefficient (Wildman–Crippen LogP) is 3.03. The minimum absolute atomic E-state index is 0.236. The Kier molecular flexibility index (Phi) is 3.97. The van der Waals surface area contributed by atoms with Gasteiger partial charge in [-0.2, -0.15) is 10.2 Å². The number of aromatic amines is 1. The predicted molar refractivity (Wildman–Crippen MR) is 89.0 cm³/mol. The largest absolute Gasteiger partial charge is 0.317 e. The maximum atomic E-state index is 12.4. The Bertz CT molecular complexity index is 832. The Hall–Kier alpha value is -2.89. The summed E-state index contributed by atoms with van der Waals surface area (Å²) in [5, 5.41) is 14.3. The Morgan fingerprint density at radius 3 is 2.65 bits per heavy atom. The average molecular weight is 309 g/mol. The van der Waals surface area contributed by atoms with Crippen LogP contribution in [-0.2, 0) is 6.42 Å². The van der Waals surface area contributed by atoms with Gasteiger partial charge in [0, 0.05) is 5.69 Å². The third-order valence-corrected chi connectivity index (χ3v) is 3.78. The Morgan fingerprint density at radius 1 is 1.26 bits per heavy atom. The van der Waals surface area contributed by atoms with E-state index in [-0.39, 0.29) is 5.91 Å². The number of hydrogen-bond donors (Lipinski definition) is 2. The molecule has 1 amide bonds. The number of nitrogens with one attached hydrogen (secondary N) is 2. The third-order valence-electron chi connectivity index (χ3n) is 3.78. The van der Waals surface area contributed by atoms with Crippen molar-refractivity contribution in [2.24, 2.45) is 0 Å². The van der Waals surface area contributed by atoms with Gasteiger partial charge >= 0.3 is 0 Å². The van der Waals surface area contributed by atoms with E-state index < -0.39 is 0 Å². The number of nitrogens with zero attached hydrogens (tertiary/aromatic N) is 3. The maximum absolute atomic E-state index is 12.4. The summed E-state index contributed by atoms with van der Waals surface area (Å²) in [5.41, 5.74) is 4.65. The first-order valence-corrected chi connectivity index (χ1v) is 7.57. The lowest BCUT2D eigenvalue weighted by atomic mass is 10.2. The molecule has 0 atom stereocenters. The van der Waals surface area contributed by atoms with E-state index in [0.29, 0.717) is 5.69 Å². The minimum atomic E-state index is -0.236. The topological polar surface area (TPSA) is 75.6 Å². The van der Waals surface area contributed by atoms with Crippen molar-refractivity contribution >= 4 is 11.6 Å². The minimum Gasteiger partial charge on any atom is -0.317 e. The Morgan fingerprint density at radius 2 is 2.00 bits per heavy atom. The molecule has 23 heavy (non-hydrogen) atoms. The SMILES string of the molecule is CCc1cc(C(=O)Nc2c(C)nn(-c3ccccc3)c2C)n[nH]1. The first-order valence-electron chi connectivity index (χ1n) is 7.57. The quantitative estimate of drug-likeness (QED) is 0.778. The molecule has 1 aromatic carbocycles. The summed E-state index contributed by atoms with van der Waals surface area (Å²) in [5.74, 6) is -0.236.